The maximum Gasteiger partial charge on any atom is 0.0541 e. The lowest BCUT2D eigenvalue weighted by molar-refractivity contribution is 1.29. The summed E-state index contributed by atoms with van der Waals surface area (Å²) in [6.45, 7) is 6.84. The highest BCUT2D eigenvalue weighted by Gasteiger charge is 1.83. The van der Waals surface area contributed by atoms with Crippen LogP contribution in [0.2, 0.25) is 0 Å². The Hall–Kier alpha value is -1.22. The highest BCUT2D eigenvalue weighted by molar-refractivity contribution is 5.25. The number of nitrogens with two attached hydrogens (primary N) is 2. The molecule has 3 nitrogen and oxygen atoms in total. The van der Waals surface area contributed by atoms with Crippen LogP contribution in [-0.2, 0) is 0 Å². The molecule has 0 rings (SSSR count). The molecule has 0 bridgehead atoms. The largest absolute Gasteiger partial charge is 0.397 e. The molecule has 3 heteroatoms. The van der Waals surface area contributed by atoms with Crippen LogP contribution < -0.4 is 17.6 Å². The highest BCUT2D eigenvalue weighted by Crippen LogP contribution is 1.90. The first-order valence-electron chi connectivity index (χ1n) is 2.22. The molecule has 0 spiro atoms. The SMILES string of the molecule is C=C/C(N)=C(/N)C=C.N. The standard InChI is InChI=1S/C6H10N2.H3N/c1-3-5(7)6(8)4-2;/h3-4H,1-2,7-8H2;1H3/b6-5-;. The normalized spacial score (nSPS) is 10.7. The minimum Gasteiger partial charge on any atom is -0.397 e. The third kappa shape index (κ3) is 3.37. The molecule has 0 aromatic rings. The minimum atomic E-state index is 0. The predicted molar refractivity (Wildman–Crippen MR) is 40.8 cm³/mol. The van der Waals surface area contributed by atoms with E-state index in [-0.39, 0.29) is 6.15 Å². The Morgan fingerprint density at radius 2 is 1.22 bits per heavy atom. The topological polar surface area (TPSA) is 87.0 Å². The zero-order chi connectivity index (χ0) is 6.57. The second-order valence-electron chi connectivity index (χ2n) is 1.32. The Kier molecular flexibility index (Phi) is 5.86. The lowest BCUT2D eigenvalue weighted by atomic mass is 10.3. The summed E-state index contributed by atoms with van der Waals surface area (Å²) >= 11 is 0. The van der Waals surface area contributed by atoms with E-state index in [0.29, 0.717) is 11.4 Å². The number of allylic oxidation sites excluding steroid dienone is 2. The lowest BCUT2D eigenvalue weighted by Crippen LogP contribution is -2.04. The summed E-state index contributed by atoms with van der Waals surface area (Å²) in [6.07, 6.45) is 2.97. The van der Waals surface area contributed by atoms with Crippen molar-refractivity contribution >= 4 is 0 Å². The molecule has 0 saturated carbocycles. The van der Waals surface area contributed by atoms with Crippen molar-refractivity contribution in [2.75, 3.05) is 0 Å². The first-order chi connectivity index (χ1) is 3.72. The molecule has 9 heavy (non-hydrogen) atoms. The van der Waals surface area contributed by atoms with E-state index in [4.69, 9.17) is 11.5 Å². The summed E-state index contributed by atoms with van der Waals surface area (Å²) < 4.78 is 0. The van der Waals surface area contributed by atoms with E-state index in [1.807, 2.05) is 0 Å². The molecule has 0 radical (unpaired) electrons. The van der Waals surface area contributed by atoms with Crippen LogP contribution >= 0.6 is 0 Å². The van der Waals surface area contributed by atoms with Crippen molar-refractivity contribution in [3.63, 3.8) is 0 Å². The molecule has 0 amide bonds. The van der Waals surface area contributed by atoms with Crippen LogP contribution in [0.1, 0.15) is 0 Å². The Bertz CT molecular complexity index is 119. The summed E-state index contributed by atoms with van der Waals surface area (Å²) in [6, 6.07) is 0. The van der Waals surface area contributed by atoms with E-state index in [9.17, 15) is 0 Å². The van der Waals surface area contributed by atoms with Crippen molar-refractivity contribution in [3.8, 4) is 0 Å². The molecule has 0 aromatic heterocycles. The van der Waals surface area contributed by atoms with E-state index >= 15 is 0 Å². The molecule has 7 N–H and O–H groups in total. The fraction of sp³-hybridized carbons (Fsp3) is 0. The van der Waals surface area contributed by atoms with Crippen LogP contribution in [-0.4, -0.2) is 0 Å². The van der Waals surface area contributed by atoms with Gasteiger partial charge in [0.2, 0.25) is 0 Å². The van der Waals surface area contributed by atoms with Crippen molar-refractivity contribution in [1.29, 1.82) is 0 Å². The van der Waals surface area contributed by atoms with Gasteiger partial charge in [0, 0.05) is 0 Å². The molecule has 0 atom stereocenters. The molecule has 0 aliphatic heterocycles. The molecule has 0 heterocycles. The van der Waals surface area contributed by atoms with Crippen LogP contribution in [0, 0.1) is 0 Å². The van der Waals surface area contributed by atoms with Crippen molar-refractivity contribution < 1.29 is 0 Å². The van der Waals surface area contributed by atoms with Crippen molar-refractivity contribution in [1.82, 2.24) is 6.15 Å². The van der Waals surface area contributed by atoms with Gasteiger partial charge in [-0.3, -0.25) is 0 Å². The highest BCUT2D eigenvalue weighted by atomic mass is 14.7. The molecule has 0 aromatic carbocycles. The quantitative estimate of drug-likeness (QED) is 0.476. The second kappa shape index (κ2) is 4.93. The summed E-state index contributed by atoms with van der Waals surface area (Å²) in [4.78, 5) is 0. The van der Waals surface area contributed by atoms with Gasteiger partial charge in [-0.25, -0.2) is 0 Å². The van der Waals surface area contributed by atoms with Crippen molar-refractivity contribution in [3.05, 3.63) is 36.7 Å². The number of hydrogen-bond acceptors (Lipinski definition) is 3. The average Bonchev–Trinajstić information content (AvgIpc) is 1.84. The summed E-state index contributed by atoms with van der Waals surface area (Å²) in [7, 11) is 0. The molecule has 0 saturated heterocycles. The van der Waals surface area contributed by atoms with Crippen LogP contribution in [0.25, 0.3) is 0 Å². The Labute approximate surface area is 55.3 Å². The zero-order valence-corrected chi connectivity index (χ0v) is 5.43. The van der Waals surface area contributed by atoms with Crippen molar-refractivity contribution in [2.24, 2.45) is 11.5 Å². The fourth-order valence-corrected chi connectivity index (χ4v) is 0.236. The van der Waals surface area contributed by atoms with Gasteiger partial charge in [-0.1, -0.05) is 13.2 Å². The maximum absolute atomic E-state index is 5.29. The smallest absolute Gasteiger partial charge is 0.0541 e. The fourth-order valence-electron chi connectivity index (χ4n) is 0.236. The predicted octanol–water partition coefficient (Wildman–Crippen LogP) is 0.649. The minimum absolute atomic E-state index is 0. The van der Waals surface area contributed by atoms with Crippen LogP contribution in [0.5, 0.6) is 0 Å². The third-order valence-corrected chi connectivity index (χ3v) is 0.773. The van der Waals surface area contributed by atoms with Gasteiger partial charge in [0.1, 0.15) is 0 Å². The number of hydrogen-bond donors (Lipinski definition) is 3. The molecule has 0 aliphatic rings. The van der Waals surface area contributed by atoms with Gasteiger partial charge in [-0.05, 0) is 12.2 Å². The zero-order valence-electron chi connectivity index (χ0n) is 5.43. The van der Waals surface area contributed by atoms with Gasteiger partial charge in [0.15, 0.2) is 0 Å². The second-order valence-corrected chi connectivity index (χ2v) is 1.32. The molecular weight excluding hydrogens is 114 g/mol. The monoisotopic (exact) mass is 127 g/mol. The van der Waals surface area contributed by atoms with E-state index in [1.165, 1.54) is 12.2 Å². The lowest BCUT2D eigenvalue weighted by Gasteiger charge is -1.93. The average molecular weight is 127 g/mol. The Morgan fingerprint density at radius 3 is 1.33 bits per heavy atom. The van der Waals surface area contributed by atoms with Gasteiger partial charge < -0.3 is 17.6 Å². The van der Waals surface area contributed by atoms with Gasteiger partial charge >= 0.3 is 0 Å². The molecule has 0 unspecified atom stereocenters. The molecule has 52 valence electrons. The van der Waals surface area contributed by atoms with Gasteiger partial charge in [0.05, 0.1) is 11.4 Å². The first kappa shape index (κ1) is 10.7. The van der Waals surface area contributed by atoms with Crippen LogP contribution in [0.15, 0.2) is 36.7 Å². The first-order valence-corrected chi connectivity index (χ1v) is 2.22. The van der Waals surface area contributed by atoms with Gasteiger partial charge in [0.25, 0.3) is 0 Å². The van der Waals surface area contributed by atoms with Crippen LogP contribution in [0.3, 0.4) is 0 Å². The van der Waals surface area contributed by atoms with E-state index in [0.717, 1.165) is 0 Å². The van der Waals surface area contributed by atoms with Crippen LogP contribution in [0.4, 0.5) is 0 Å². The Morgan fingerprint density at radius 1 is 1.00 bits per heavy atom. The maximum atomic E-state index is 5.29. The van der Waals surface area contributed by atoms with Gasteiger partial charge in [-0.15, -0.1) is 0 Å². The molecule has 0 aliphatic carbocycles. The van der Waals surface area contributed by atoms with Gasteiger partial charge in [-0.2, -0.15) is 0 Å². The summed E-state index contributed by atoms with van der Waals surface area (Å²) in [5, 5.41) is 0. The molecular formula is C6H13N3. The van der Waals surface area contributed by atoms with E-state index < -0.39 is 0 Å². The van der Waals surface area contributed by atoms with E-state index in [1.54, 1.807) is 0 Å². The number of rotatable bonds is 2. The summed E-state index contributed by atoms with van der Waals surface area (Å²) in [5.74, 6) is 0. The summed E-state index contributed by atoms with van der Waals surface area (Å²) in [5.41, 5.74) is 11.5. The molecule has 0 fully saturated rings. The van der Waals surface area contributed by atoms with Crippen molar-refractivity contribution in [2.45, 2.75) is 0 Å². The third-order valence-electron chi connectivity index (χ3n) is 0.773. The van der Waals surface area contributed by atoms with E-state index in [2.05, 4.69) is 13.2 Å². The Balaban J connectivity index is 0.